The highest BCUT2D eigenvalue weighted by atomic mass is 35.5. The van der Waals surface area contributed by atoms with Gasteiger partial charge in [0, 0.05) is 5.02 Å². The van der Waals surface area contributed by atoms with Crippen molar-refractivity contribution >= 4 is 17.7 Å². The average molecular weight is 225 g/mol. The Morgan fingerprint density at radius 3 is 2.67 bits per heavy atom. The highest BCUT2D eigenvalue weighted by Crippen LogP contribution is 2.27. The van der Waals surface area contributed by atoms with Gasteiger partial charge in [0.05, 0.1) is 0 Å². The van der Waals surface area contributed by atoms with Crippen LogP contribution in [0.25, 0.3) is 6.08 Å². The standard InChI is InChI=1S/C13H14ClF/c14-12-3-1-2-11(9-12)8-10-4-6-13(15)7-5-10/h1-3,8-9,13H,4-7H2. The molecule has 2 rings (SSSR count). The normalized spacial score (nSPS) is 21.5. The molecule has 2 heteroatoms. The van der Waals surface area contributed by atoms with E-state index in [4.69, 9.17) is 11.6 Å². The summed E-state index contributed by atoms with van der Waals surface area (Å²) >= 11 is 5.90. The number of alkyl halides is 1. The van der Waals surface area contributed by atoms with Gasteiger partial charge in [0.25, 0.3) is 0 Å². The highest BCUT2D eigenvalue weighted by molar-refractivity contribution is 6.30. The summed E-state index contributed by atoms with van der Waals surface area (Å²) in [5.74, 6) is 0. The van der Waals surface area contributed by atoms with Gasteiger partial charge in [-0.15, -0.1) is 0 Å². The molecule has 0 unspecified atom stereocenters. The van der Waals surface area contributed by atoms with E-state index in [1.807, 2.05) is 24.3 Å². The van der Waals surface area contributed by atoms with Gasteiger partial charge in [-0.05, 0) is 43.4 Å². The lowest BCUT2D eigenvalue weighted by atomic mass is 9.92. The molecule has 0 atom stereocenters. The van der Waals surface area contributed by atoms with Crippen LogP contribution in [-0.2, 0) is 0 Å². The average Bonchev–Trinajstić information content (AvgIpc) is 2.22. The fourth-order valence-electron chi connectivity index (χ4n) is 1.93. The molecule has 0 heterocycles. The van der Waals surface area contributed by atoms with Crippen molar-refractivity contribution in [3.8, 4) is 0 Å². The first kappa shape index (κ1) is 10.7. The second-order valence-corrected chi connectivity index (χ2v) is 4.47. The van der Waals surface area contributed by atoms with Crippen LogP contribution >= 0.6 is 11.6 Å². The Hall–Kier alpha value is -0.820. The van der Waals surface area contributed by atoms with Gasteiger partial charge >= 0.3 is 0 Å². The zero-order valence-corrected chi connectivity index (χ0v) is 9.30. The molecular weight excluding hydrogens is 211 g/mol. The fourth-order valence-corrected chi connectivity index (χ4v) is 2.13. The Balaban J connectivity index is 2.10. The second kappa shape index (κ2) is 4.80. The molecular formula is C13H14ClF. The predicted molar refractivity (Wildman–Crippen MR) is 62.8 cm³/mol. The molecule has 80 valence electrons. The van der Waals surface area contributed by atoms with E-state index in [2.05, 4.69) is 6.08 Å². The van der Waals surface area contributed by atoms with Crippen LogP contribution in [0.1, 0.15) is 31.2 Å². The third kappa shape index (κ3) is 3.07. The van der Waals surface area contributed by atoms with Crippen molar-refractivity contribution in [3.05, 3.63) is 40.4 Å². The largest absolute Gasteiger partial charge is 0.247 e. The van der Waals surface area contributed by atoms with E-state index in [0.29, 0.717) is 12.8 Å². The molecule has 0 saturated heterocycles. The molecule has 1 saturated carbocycles. The Bertz CT molecular complexity index is 361. The molecule has 0 radical (unpaired) electrons. The molecule has 0 aromatic heterocycles. The third-order valence-electron chi connectivity index (χ3n) is 2.78. The van der Waals surface area contributed by atoms with E-state index in [9.17, 15) is 4.39 Å². The van der Waals surface area contributed by atoms with Crippen molar-refractivity contribution in [3.63, 3.8) is 0 Å². The molecule has 1 aromatic carbocycles. The lowest BCUT2D eigenvalue weighted by molar-refractivity contribution is 0.277. The van der Waals surface area contributed by atoms with Gasteiger partial charge in [0.15, 0.2) is 0 Å². The molecule has 0 nitrogen and oxygen atoms in total. The van der Waals surface area contributed by atoms with Crippen LogP contribution in [0.3, 0.4) is 0 Å². The van der Waals surface area contributed by atoms with Gasteiger partial charge in [-0.3, -0.25) is 0 Å². The van der Waals surface area contributed by atoms with Gasteiger partial charge < -0.3 is 0 Å². The van der Waals surface area contributed by atoms with Crippen LogP contribution in [0.4, 0.5) is 4.39 Å². The van der Waals surface area contributed by atoms with E-state index in [1.165, 1.54) is 5.57 Å². The third-order valence-corrected chi connectivity index (χ3v) is 3.01. The Kier molecular flexibility index (Phi) is 3.42. The Morgan fingerprint density at radius 2 is 2.00 bits per heavy atom. The summed E-state index contributed by atoms with van der Waals surface area (Å²) in [4.78, 5) is 0. The number of allylic oxidation sites excluding steroid dienone is 1. The molecule has 15 heavy (non-hydrogen) atoms. The highest BCUT2D eigenvalue weighted by Gasteiger charge is 2.14. The molecule has 0 bridgehead atoms. The molecule has 1 aliphatic carbocycles. The van der Waals surface area contributed by atoms with Crippen LogP contribution in [0.15, 0.2) is 29.8 Å². The minimum absolute atomic E-state index is 0.596. The SMILES string of the molecule is FC1CCC(=Cc2cccc(Cl)c2)CC1. The Labute approximate surface area is 94.8 Å². The van der Waals surface area contributed by atoms with Crippen molar-refractivity contribution < 1.29 is 4.39 Å². The van der Waals surface area contributed by atoms with Crippen LogP contribution in [0, 0.1) is 0 Å². The first-order valence-corrected chi connectivity index (χ1v) is 5.71. The fraction of sp³-hybridized carbons (Fsp3) is 0.385. The summed E-state index contributed by atoms with van der Waals surface area (Å²) in [6.07, 6.45) is 4.65. The van der Waals surface area contributed by atoms with Crippen molar-refractivity contribution in [2.75, 3.05) is 0 Å². The van der Waals surface area contributed by atoms with E-state index < -0.39 is 6.17 Å². The lowest BCUT2D eigenvalue weighted by Gasteiger charge is -2.17. The first-order valence-electron chi connectivity index (χ1n) is 5.33. The number of benzene rings is 1. The summed E-state index contributed by atoms with van der Waals surface area (Å²) < 4.78 is 12.9. The van der Waals surface area contributed by atoms with E-state index in [-0.39, 0.29) is 0 Å². The lowest BCUT2D eigenvalue weighted by Crippen LogP contribution is -2.07. The number of halogens is 2. The van der Waals surface area contributed by atoms with E-state index in [0.717, 1.165) is 23.4 Å². The summed E-state index contributed by atoms with van der Waals surface area (Å²) in [6.45, 7) is 0. The summed E-state index contributed by atoms with van der Waals surface area (Å²) in [5, 5.41) is 0.753. The second-order valence-electron chi connectivity index (χ2n) is 4.03. The van der Waals surface area contributed by atoms with Gasteiger partial charge in [0.1, 0.15) is 6.17 Å². The predicted octanol–water partition coefficient (Wildman–Crippen LogP) is 4.64. The number of hydrogen-bond acceptors (Lipinski definition) is 0. The zero-order chi connectivity index (χ0) is 10.7. The van der Waals surface area contributed by atoms with Gasteiger partial charge in [-0.2, -0.15) is 0 Å². The van der Waals surface area contributed by atoms with Gasteiger partial charge in [-0.25, -0.2) is 4.39 Å². The first-order chi connectivity index (χ1) is 7.24. The van der Waals surface area contributed by atoms with Crippen molar-refractivity contribution in [2.24, 2.45) is 0 Å². The van der Waals surface area contributed by atoms with E-state index >= 15 is 0 Å². The van der Waals surface area contributed by atoms with Crippen LogP contribution in [0.2, 0.25) is 5.02 Å². The summed E-state index contributed by atoms with van der Waals surface area (Å²) in [6, 6.07) is 7.77. The number of hydrogen-bond donors (Lipinski definition) is 0. The summed E-state index contributed by atoms with van der Waals surface area (Å²) in [7, 11) is 0. The molecule has 0 amide bonds. The van der Waals surface area contributed by atoms with Crippen molar-refractivity contribution in [1.29, 1.82) is 0 Å². The van der Waals surface area contributed by atoms with Gasteiger partial charge in [0.2, 0.25) is 0 Å². The van der Waals surface area contributed by atoms with Crippen LogP contribution in [-0.4, -0.2) is 6.17 Å². The minimum Gasteiger partial charge on any atom is -0.247 e. The monoisotopic (exact) mass is 224 g/mol. The topological polar surface area (TPSA) is 0 Å². The zero-order valence-electron chi connectivity index (χ0n) is 8.55. The summed E-state index contributed by atoms with van der Waals surface area (Å²) in [5.41, 5.74) is 2.46. The number of rotatable bonds is 1. The Morgan fingerprint density at radius 1 is 1.27 bits per heavy atom. The molecule has 1 fully saturated rings. The molecule has 0 aliphatic heterocycles. The maximum atomic E-state index is 12.9. The maximum absolute atomic E-state index is 12.9. The molecule has 0 spiro atoms. The quantitative estimate of drug-likeness (QED) is 0.652. The van der Waals surface area contributed by atoms with Crippen LogP contribution in [0.5, 0.6) is 0 Å². The van der Waals surface area contributed by atoms with Crippen molar-refractivity contribution in [2.45, 2.75) is 31.9 Å². The van der Waals surface area contributed by atoms with Crippen LogP contribution < -0.4 is 0 Å². The minimum atomic E-state index is -0.596. The molecule has 1 aromatic rings. The maximum Gasteiger partial charge on any atom is 0.101 e. The smallest absolute Gasteiger partial charge is 0.101 e. The van der Waals surface area contributed by atoms with Crippen molar-refractivity contribution in [1.82, 2.24) is 0 Å². The molecule has 1 aliphatic rings. The molecule has 0 N–H and O–H groups in total. The van der Waals surface area contributed by atoms with E-state index in [1.54, 1.807) is 0 Å². The van der Waals surface area contributed by atoms with Gasteiger partial charge in [-0.1, -0.05) is 35.4 Å².